The van der Waals surface area contributed by atoms with E-state index in [2.05, 4.69) is 31.9 Å². The van der Waals surface area contributed by atoms with Gasteiger partial charge in [-0.25, -0.2) is 0 Å². The number of amidine groups is 1. The molecule has 0 saturated carbocycles. The lowest BCUT2D eigenvalue weighted by atomic mass is 10.2. The van der Waals surface area contributed by atoms with Crippen molar-refractivity contribution in [2.24, 2.45) is 4.99 Å². The molecule has 4 aromatic carbocycles. The molecule has 7 heteroatoms. The number of nitrogens with zero attached hydrogens (tertiary/aromatic N) is 2. The van der Waals surface area contributed by atoms with Gasteiger partial charge in [-0.2, -0.15) is 0 Å². The lowest BCUT2D eigenvalue weighted by Crippen LogP contribution is -2.28. The zero-order valence-corrected chi connectivity index (χ0v) is 24.4. The highest BCUT2D eigenvalue weighted by molar-refractivity contribution is 9.11. The van der Waals surface area contributed by atoms with Crippen LogP contribution < -0.4 is 4.74 Å². The summed E-state index contributed by atoms with van der Waals surface area (Å²) in [5.74, 6) is 0.666. The second-order valence-electron chi connectivity index (χ2n) is 8.66. The average Bonchev–Trinajstić information content (AvgIpc) is 3.22. The fraction of sp³-hybridized carbons (Fsp3) is 0.0968. The molecule has 1 saturated heterocycles. The first-order chi connectivity index (χ1) is 18.6. The van der Waals surface area contributed by atoms with Gasteiger partial charge in [-0.1, -0.05) is 91.0 Å². The third kappa shape index (κ3) is 6.65. The molecule has 0 spiro atoms. The molecule has 4 nitrogen and oxygen atoms in total. The van der Waals surface area contributed by atoms with Crippen LogP contribution in [0.4, 0.5) is 0 Å². The van der Waals surface area contributed by atoms with Crippen molar-refractivity contribution in [3.63, 3.8) is 0 Å². The van der Waals surface area contributed by atoms with E-state index in [1.54, 1.807) is 4.90 Å². The van der Waals surface area contributed by atoms with Gasteiger partial charge in [-0.15, -0.1) is 0 Å². The van der Waals surface area contributed by atoms with Crippen LogP contribution in [0.1, 0.15) is 22.3 Å². The predicted octanol–water partition coefficient (Wildman–Crippen LogP) is 8.46. The van der Waals surface area contributed by atoms with Crippen LogP contribution in [0.5, 0.6) is 5.75 Å². The summed E-state index contributed by atoms with van der Waals surface area (Å²) < 4.78 is 7.68. The molecule has 38 heavy (non-hydrogen) atoms. The number of ether oxygens (including phenoxy) is 1. The van der Waals surface area contributed by atoms with Crippen LogP contribution in [0.2, 0.25) is 0 Å². The van der Waals surface area contributed by atoms with Gasteiger partial charge >= 0.3 is 0 Å². The van der Waals surface area contributed by atoms with E-state index >= 15 is 0 Å². The number of aliphatic imine (C=N–C) groups is 1. The Kier molecular flexibility index (Phi) is 8.79. The maximum Gasteiger partial charge on any atom is 0.267 e. The Hall–Kier alpha value is -3.13. The molecule has 1 heterocycles. The molecule has 0 aliphatic carbocycles. The Morgan fingerprint density at radius 3 is 1.95 bits per heavy atom. The second-order valence-corrected chi connectivity index (χ2v) is 11.4. The molecule has 1 fully saturated rings. The fourth-order valence-corrected chi connectivity index (χ4v) is 6.38. The van der Waals surface area contributed by atoms with Crippen molar-refractivity contribution in [3.8, 4) is 5.75 Å². The number of halogens is 2. The van der Waals surface area contributed by atoms with Crippen molar-refractivity contribution < 1.29 is 9.53 Å². The molecule has 1 aliphatic rings. The number of hydrogen-bond donors (Lipinski definition) is 0. The Labute approximate surface area is 243 Å². The molecule has 0 unspecified atom stereocenters. The normalized spacial score (nSPS) is 15.4. The van der Waals surface area contributed by atoms with Crippen molar-refractivity contribution in [2.45, 2.75) is 19.7 Å². The second kappa shape index (κ2) is 12.6. The number of carbonyl (C=O) groups is 1. The van der Waals surface area contributed by atoms with Gasteiger partial charge in [-0.3, -0.25) is 14.7 Å². The Morgan fingerprint density at radius 1 is 0.789 bits per heavy atom. The Balaban J connectivity index is 1.39. The summed E-state index contributed by atoms with van der Waals surface area (Å²) >= 11 is 8.70. The third-order valence-corrected chi connectivity index (χ3v) is 8.08. The van der Waals surface area contributed by atoms with Gasteiger partial charge in [0.2, 0.25) is 0 Å². The molecule has 0 radical (unpaired) electrons. The number of carbonyl (C=O) groups excluding carboxylic acids is 1. The van der Waals surface area contributed by atoms with Gasteiger partial charge in [0.15, 0.2) is 5.17 Å². The van der Waals surface area contributed by atoms with Crippen molar-refractivity contribution in [2.75, 3.05) is 0 Å². The summed E-state index contributed by atoms with van der Waals surface area (Å²) in [6.45, 7) is 1.44. The smallest absolute Gasteiger partial charge is 0.267 e. The number of hydrogen-bond acceptors (Lipinski definition) is 4. The van der Waals surface area contributed by atoms with Gasteiger partial charge < -0.3 is 4.74 Å². The van der Waals surface area contributed by atoms with E-state index in [1.165, 1.54) is 11.8 Å². The summed E-state index contributed by atoms with van der Waals surface area (Å²) in [4.78, 5) is 20.8. The zero-order chi connectivity index (χ0) is 26.3. The molecular weight excluding hydrogens is 624 g/mol. The van der Waals surface area contributed by atoms with Gasteiger partial charge in [0.05, 0.1) is 26.9 Å². The highest BCUT2D eigenvalue weighted by Crippen LogP contribution is 2.38. The van der Waals surface area contributed by atoms with Crippen LogP contribution in [-0.2, 0) is 24.5 Å². The summed E-state index contributed by atoms with van der Waals surface area (Å²) in [6.07, 6.45) is 1.91. The lowest BCUT2D eigenvalue weighted by molar-refractivity contribution is -0.122. The highest BCUT2D eigenvalue weighted by Gasteiger charge is 2.33. The minimum atomic E-state index is -0.0534. The Bertz CT molecular complexity index is 1450. The van der Waals surface area contributed by atoms with E-state index in [1.807, 2.05) is 109 Å². The maximum atomic E-state index is 13.5. The topological polar surface area (TPSA) is 41.9 Å². The lowest BCUT2D eigenvalue weighted by Gasteiger charge is -2.15. The van der Waals surface area contributed by atoms with Gasteiger partial charge in [-0.05, 0) is 84.1 Å². The first-order valence-corrected chi connectivity index (χ1v) is 14.5. The van der Waals surface area contributed by atoms with E-state index < -0.39 is 0 Å². The van der Waals surface area contributed by atoms with E-state index in [4.69, 9.17) is 9.73 Å². The van der Waals surface area contributed by atoms with Crippen LogP contribution in [0.15, 0.2) is 122 Å². The zero-order valence-electron chi connectivity index (χ0n) is 20.4. The summed E-state index contributed by atoms with van der Waals surface area (Å²) in [5.41, 5.74) is 4.13. The number of amides is 1. The largest absolute Gasteiger partial charge is 0.487 e. The number of benzene rings is 4. The van der Waals surface area contributed by atoms with E-state index in [-0.39, 0.29) is 5.91 Å². The van der Waals surface area contributed by atoms with Gasteiger partial charge in [0.1, 0.15) is 12.4 Å². The van der Waals surface area contributed by atoms with Crippen molar-refractivity contribution in [1.29, 1.82) is 0 Å². The monoisotopic (exact) mass is 646 g/mol. The van der Waals surface area contributed by atoms with E-state index in [0.29, 0.717) is 29.8 Å². The Morgan fingerprint density at radius 2 is 1.34 bits per heavy atom. The van der Waals surface area contributed by atoms with Gasteiger partial charge in [0, 0.05) is 0 Å². The number of rotatable bonds is 8. The molecule has 1 aliphatic heterocycles. The fourth-order valence-electron chi connectivity index (χ4n) is 3.96. The van der Waals surface area contributed by atoms with E-state index in [0.717, 1.165) is 36.9 Å². The molecule has 0 atom stereocenters. The molecule has 190 valence electrons. The van der Waals surface area contributed by atoms with Crippen LogP contribution in [0.3, 0.4) is 0 Å². The van der Waals surface area contributed by atoms with Crippen LogP contribution in [-0.4, -0.2) is 16.0 Å². The molecule has 0 aromatic heterocycles. The van der Waals surface area contributed by atoms with Crippen molar-refractivity contribution in [3.05, 3.63) is 139 Å². The predicted molar refractivity (Wildman–Crippen MR) is 163 cm³/mol. The molecule has 1 amide bonds. The summed E-state index contributed by atoms with van der Waals surface area (Å²) in [6, 6.07) is 34.0. The summed E-state index contributed by atoms with van der Waals surface area (Å²) in [5, 5.41) is 0.704. The SMILES string of the molecule is O=C1/C(=C\c2cc(Br)c(OCc3ccccc3)c(Br)c2)SC(=NCc2ccccc2)N1Cc1ccccc1. The molecule has 0 bridgehead atoms. The van der Waals surface area contributed by atoms with E-state index in [9.17, 15) is 4.79 Å². The third-order valence-electron chi connectivity index (χ3n) is 5.86. The quantitative estimate of drug-likeness (QED) is 0.180. The van der Waals surface area contributed by atoms with Crippen LogP contribution in [0, 0.1) is 0 Å². The first-order valence-electron chi connectivity index (χ1n) is 12.1. The van der Waals surface area contributed by atoms with Crippen molar-refractivity contribution >= 4 is 60.8 Å². The standard InChI is InChI=1S/C31H24Br2N2O2S/c32-26-16-25(17-27(33)29(26)37-21-24-14-8-3-9-15-24)18-28-30(36)35(20-23-12-6-2-7-13-23)31(38-28)34-19-22-10-4-1-5-11-22/h1-18H,19-21H2/b28-18+,34-31?. The van der Waals surface area contributed by atoms with Crippen molar-refractivity contribution in [1.82, 2.24) is 4.90 Å². The van der Waals surface area contributed by atoms with Crippen LogP contribution in [0.25, 0.3) is 6.08 Å². The molecule has 4 aromatic rings. The van der Waals surface area contributed by atoms with Gasteiger partial charge in [0.25, 0.3) is 5.91 Å². The highest BCUT2D eigenvalue weighted by atomic mass is 79.9. The molecule has 5 rings (SSSR count). The minimum absolute atomic E-state index is 0.0534. The maximum absolute atomic E-state index is 13.5. The molecule has 0 N–H and O–H groups in total. The molecular formula is C31H24Br2N2O2S. The number of thioether (sulfide) groups is 1. The minimum Gasteiger partial charge on any atom is -0.487 e. The summed E-state index contributed by atoms with van der Waals surface area (Å²) in [7, 11) is 0. The first kappa shape index (κ1) is 26.5. The average molecular weight is 648 g/mol. The van der Waals surface area contributed by atoms with Crippen LogP contribution >= 0.6 is 43.6 Å².